The highest BCUT2D eigenvalue weighted by molar-refractivity contribution is 5.94. The average molecular weight is 393 g/mol. The number of aromatic nitrogens is 3. The van der Waals surface area contributed by atoms with Crippen LogP contribution in [0.25, 0.3) is 0 Å². The van der Waals surface area contributed by atoms with E-state index < -0.39 is 0 Å². The minimum absolute atomic E-state index is 0.0129. The molecule has 1 aliphatic rings. The second kappa shape index (κ2) is 8.86. The smallest absolute Gasteiger partial charge is 0.253 e. The molecule has 1 aromatic heterocycles. The van der Waals surface area contributed by atoms with Gasteiger partial charge in [-0.2, -0.15) is 5.10 Å². The first-order valence-electron chi connectivity index (χ1n) is 9.61. The Labute approximate surface area is 168 Å². The molecule has 6 nitrogen and oxygen atoms in total. The standard InChI is InChI=1S/C22H22FN4O2/c23-20-6-2-17(3-7-20)19-10-12-26(14-19)22(28)18-4-8-21(9-5-18)29-13-1-11-27-16-24-15-25-27/h1-9,15-16,19H,10-14H2/t19-/m0/s1. The van der Waals surface area contributed by atoms with Crippen molar-refractivity contribution < 1.29 is 13.9 Å². The summed E-state index contributed by atoms with van der Waals surface area (Å²) in [6.45, 7) is 2.43. The van der Waals surface area contributed by atoms with Crippen molar-refractivity contribution in [2.24, 2.45) is 0 Å². The molecule has 7 heteroatoms. The van der Waals surface area contributed by atoms with Crippen LogP contribution in [0.15, 0.2) is 61.2 Å². The summed E-state index contributed by atoms with van der Waals surface area (Å²) in [4.78, 5) is 18.5. The van der Waals surface area contributed by atoms with Gasteiger partial charge >= 0.3 is 0 Å². The van der Waals surface area contributed by atoms with E-state index in [0.717, 1.165) is 12.0 Å². The molecule has 0 saturated carbocycles. The summed E-state index contributed by atoms with van der Waals surface area (Å²) in [5, 5.41) is 4.02. The van der Waals surface area contributed by atoms with E-state index in [4.69, 9.17) is 4.74 Å². The van der Waals surface area contributed by atoms with Gasteiger partial charge in [0.25, 0.3) is 5.91 Å². The van der Waals surface area contributed by atoms with Crippen molar-refractivity contribution in [3.05, 3.63) is 84.6 Å². The van der Waals surface area contributed by atoms with E-state index in [-0.39, 0.29) is 17.6 Å². The summed E-state index contributed by atoms with van der Waals surface area (Å²) in [7, 11) is 0. The van der Waals surface area contributed by atoms with E-state index in [0.29, 0.717) is 37.6 Å². The number of rotatable bonds is 7. The number of amides is 1. The van der Waals surface area contributed by atoms with Crippen LogP contribution in [0.1, 0.15) is 28.3 Å². The zero-order valence-corrected chi connectivity index (χ0v) is 15.9. The molecule has 1 fully saturated rings. The van der Waals surface area contributed by atoms with Crippen molar-refractivity contribution in [3.8, 4) is 5.75 Å². The molecule has 1 saturated heterocycles. The van der Waals surface area contributed by atoms with Gasteiger partial charge in [-0.05, 0) is 48.4 Å². The Morgan fingerprint density at radius 2 is 1.97 bits per heavy atom. The van der Waals surface area contributed by atoms with Crippen LogP contribution in [0, 0.1) is 12.2 Å². The zero-order chi connectivity index (χ0) is 20.1. The third-order valence-electron chi connectivity index (χ3n) is 5.07. The fraction of sp³-hybridized carbons (Fsp3) is 0.273. The molecule has 1 amide bonds. The van der Waals surface area contributed by atoms with Crippen LogP contribution >= 0.6 is 0 Å². The fourth-order valence-electron chi connectivity index (χ4n) is 3.50. The quantitative estimate of drug-likeness (QED) is 0.578. The second-order valence-corrected chi connectivity index (χ2v) is 7.03. The topological polar surface area (TPSA) is 60.3 Å². The number of hydrogen-bond donors (Lipinski definition) is 0. The lowest BCUT2D eigenvalue weighted by atomic mass is 9.99. The first kappa shape index (κ1) is 19.1. The van der Waals surface area contributed by atoms with E-state index in [9.17, 15) is 9.18 Å². The Balaban J connectivity index is 1.27. The molecule has 2 heterocycles. The van der Waals surface area contributed by atoms with Gasteiger partial charge in [-0.1, -0.05) is 12.1 Å². The highest BCUT2D eigenvalue weighted by Gasteiger charge is 2.27. The Kier molecular flexibility index (Phi) is 5.84. The van der Waals surface area contributed by atoms with E-state index in [2.05, 4.69) is 10.1 Å². The highest BCUT2D eigenvalue weighted by atomic mass is 19.1. The summed E-state index contributed by atoms with van der Waals surface area (Å²) < 4.78 is 20.5. The number of ether oxygens (including phenoxy) is 1. The molecule has 0 bridgehead atoms. The van der Waals surface area contributed by atoms with E-state index >= 15 is 0 Å². The van der Waals surface area contributed by atoms with Crippen molar-refractivity contribution in [2.45, 2.75) is 18.9 Å². The van der Waals surface area contributed by atoms with Gasteiger partial charge in [0.05, 0.1) is 6.61 Å². The Morgan fingerprint density at radius 3 is 2.69 bits per heavy atom. The van der Waals surface area contributed by atoms with Crippen LogP contribution in [-0.4, -0.2) is 45.3 Å². The summed E-state index contributed by atoms with van der Waals surface area (Å²) in [6, 6.07) is 13.8. The predicted molar refractivity (Wildman–Crippen MR) is 106 cm³/mol. The number of hydrogen-bond acceptors (Lipinski definition) is 4. The summed E-state index contributed by atoms with van der Waals surface area (Å²) >= 11 is 0. The van der Waals surface area contributed by atoms with Crippen LogP contribution in [0.5, 0.6) is 5.75 Å². The summed E-state index contributed by atoms with van der Waals surface area (Å²) in [6.07, 6.45) is 5.98. The Bertz CT molecular complexity index is 926. The van der Waals surface area contributed by atoms with Crippen LogP contribution in [0.3, 0.4) is 0 Å². The number of benzene rings is 2. The predicted octanol–water partition coefficient (Wildman–Crippen LogP) is 3.33. The number of nitrogens with zero attached hydrogens (tertiary/aromatic N) is 4. The Morgan fingerprint density at radius 1 is 1.17 bits per heavy atom. The molecule has 1 radical (unpaired) electrons. The zero-order valence-electron chi connectivity index (χ0n) is 15.9. The normalized spacial score (nSPS) is 16.2. The van der Waals surface area contributed by atoms with Gasteiger partial charge in [-0.25, -0.2) is 9.37 Å². The molecule has 1 aliphatic heterocycles. The molecule has 3 aromatic rings. The molecular weight excluding hydrogens is 371 g/mol. The van der Waals surface area contributed by atoms with Crippen molar-refractivity contribution in [3.63, 3.8) is 0 Å². The fourth-order valence-corrected chi connectivity index (χ4v) is 3.50. The SMILES string of the molecule is O=C(c1ccc(OC[CH]Cn2cncn2)cc1)N1CC[C@H](c2ccc(F)cc2)C1. The molecule has 4 rings (SSSR count). The molecule has 2 aromatic carbocycles. The van der Waals surface area contributed by atoms with Crippen molar-refractivity contribution >= 4 is 5.91 Å². The maximum Gasteiger partial charge on any atom is 0.253 e. The monoisotopic (exact) mass is 393 g/mol. The molecule has 29 heavy (non-hydrogen) atoms. The maximum atomic E-state index is 13.1. The second-order valence-electron chi connectivity index (χ2n) is 7.03. The summed E-state index contributed by atoms with van der Waals surface area (Å²) in [5.41, 5.74) is 1.72. The van der Waals surface area contributed by atoms with Crippen molar-refractivity contribution in [1.82, 2.24) is 19.7 Å². The van der Waals surface area contributed by atoms with Crippen LogP contribution in [0.4, 0.5) is 4.39 Å². The van der Waals surface area contributed by atoms with Gasteiger partial charge in [0.1, 0.15) is 24.2 Å². The van der Waals surface area contributed by atoms with Crippen molar-refractivity contribution in [1.29, 1.82) is 0 Å². The van der Waals surface area contributed by atoms with Gasteiger partial charge in [-0.3, -0.25) is 9.48 Å². The lowest BCUT2D eigenvalue weighted by Crippen LogP contribution is -2.28. The third kappa shape index (κ3) is 4.80. The Hall–Kier alpha value is -3.22. The first-order valence-corrected chi connectivity index (χ1v) is 9.61. The lowest BCUT2D eigenvalue weighted by Gasteiger charge is -2.17. The number of carbonyl (C=O) groups excluding carboxylic acids is 1. The molecule has 0 aliphatic carbocycles. The van der Waals surface area contributed by atoms with Crippen LogP contribution < -0.4 is 4.74 Å². The third-order valence-corrected chi connectivity index (χ3v) is 5.07. The molecule has 0 spiro atoms. The number of likely N-dealkylation sites (tertiary alicyclic amines) is 1. The van der Waals surface area contributed by atoms with E-state index in [1.807, 2.05) is 23.5 Å². The molecule has 0 unspecified atom stereocenters. The van der Waals surface area contributed by atoms with Gasteiger partial charge in [0, 0.05) is 37.5 Å². The first-order chi connectivity index (χ1) is 14.2. The highest BCUT2D eigenvalue weighted by Crippen LogP contribution is 2.28. The minimum Gasteiger partial charge on any atom is -0.493 e. The average Bonchev–Trinajstić information content (AvgIpc) is 3.44. The van der Waals surface area contributed by atoms with E-state index in [1.54, 1.807) is 35.3 Å². The van der Waals surface area contributed by atoms with Crippen molar-refractivity contribution in [2.75, 3.05) is 19.7 Å². The maximum absolute atomic E-state index is 13.1. The van der Waals surface area contributed by atoms with E-state index in [1.165, 1.54) is 18.5 Å². The largest absolute Gasteiger partial charge is 0.493 e. The molecule has 1 atom stereocenters. The number of halogens is 1. The number of carbonyl (C=O) groups is 1. The van der Waals surface area contributed by atoms with Gasteiger partial charge in [-0.15, -0.1) is 0 Å². The van der Waals surface area contributed by atoms with Gasteiger partial charge in [0.15, 0.2) is 0 Å². The molecule has 149 valence electrons. The molecule has 0 N–H and O–H groups in total. The van der Waals surface area contributed by atoms with Gasteiger partial charge in [0.2, 0.25) is 0 Å². The molecular formula is C22H22FN4O2. The van der Waals surface area contributed by atoms with Gasteiger partial charge < -0.3 is 9.64 Å². The minimum atomic E-state index is -0.238. The summed E-state index contributed by atoms with van der Waals surface area (Å²) in [5.74, 6) is 0.738. The van der Waals surface area contributed by atoms with Crippen LogP contribution in [0.2, 0.25) is 0 Å². The lowest BCUT2D eigenvalue weighted by molar-refractivity contribution is 0.0790. The van der Waals surface area contributed by atoms with Crippen LogP contribution in [-0.2, 0) is 6.54 Å².